The topological polar surface area (TPSA) is 114 Å². The van der Waals surface area contributed by atoms with E-state index in [-0.39, 0.29) is 11.4 Å². The number of H-pyrrole nitrogens is 1. The number of aromatic nitrogens is 1. The molecule has 7 nitrogen and oxygen atoms in total. The predicted molar refractivity (Wildman–Crippen MR) is 83.3 cm³/mol. The molecule has 2 amide bonds. The smallest absolute Gasteiger partial charge is 0.252 e. The van der Waals surface area contributed by atoms with Gasteiger partial charge in [0.05, 0.1) is 17.9 Å². The van der Waals surface area contributed by atoms with E-state index in [4.69, 9.17) is 16.3 Å². The largest absolute Gasteiger partial charge is 0.493 e. The molecule has 0 saturated heterocycles. The lowest BCUT2D eigenvalue weighted by atomic mass is 10.1. The van der Waals surface area contributed by atoms with Gasteiger partial charge in [0.25, 0.3) is 5.91 Å². The highest BCUT2D eigenvalue weighted by Gasteiger charge is 2.19. The lowest BCUT2D eigenvalue weighted by molar-refractivity contribution is -0.107. The van der Waals surface area contributed by atoms with Crippen LogP contribution in [0, 0.1) is 0 Å². The molecule has 0 aliphatic carbocycles. The Balaban J connectivity index is 2.49. The van der Waals surface area contributed by atoms with Gasteiger partial charge in [-0.3, -0.25) is 9.59 Å². The third-order valence-corrected chi connectivity index (χ3v) is 3.07. The maximum Gasteiger partial charge on any atom is 0.252 e. The number of ether oxygens (including phenoxy) is 1. The van der Waals surface area contributed by atoms with Gasteiger partial charge < -0.3 is 15.5 Å². The second-order valence-electron chi connectivity index (χ2n) is 4.67. The molecule has 0 atom stereocenters. The quantitative estimate of drug-likeness (QED) is 0.310. The van der Waals surface area contributed by atoms with E-state index in [9.17, 15) is 9.59 Å². The standard InChI is InChI=1S/C15H18N4O3/c1-2-7-22-13-6-4-3-5-10(13)12-8-11(14(16)21)15(18-12)19(17)9-20/h3-6,8-9,18H,2,7,17H2,1H3,(H2,16,21). The van der Waals surface area contributed by atoms with Crippen LogP contribution in [0.1, 0.15) is 23.7 Å². The summed E-state index contributed by atoms with van der Waals surface area (Å²) in [7, 11) is 0. The summed E-state index contributed by atoms with van der Waals surface area (Å²) in [5.74, 6) is 5.67. The molecule has 7 heteroatoms. The summed E-state index contributed by atoms with van der Waals surface area (Å²) in [5.41, 5.74) is 6.81. The molecule has 1 aromatic heterocycles. The van der Waals surface area contributed by atoms with Gasteiger partial charge in [0, 0.05) is 5.56 Å². The number of carbonyl (C=O) groups excluding carboxylic acids is 2. The summed E-state index contributed by atoms with van der Waals surface area (Å²) >= 11 is 0. The van der Waals surface area contributed by atoms with E-state index >= 15 is 0 Å². The number of aromatic amines is 1. The van der Waals surface area contributed by atoms with Crippen LogP contribution in [0.2, 0.25) is 0 Å². The van der Waals surface area contributed by atoms with E-state index < -0.39 is 5.91 Å². The summed E-state index contributed by atoms with van der Waals surface area (Å²) < 4.78 is 5.69. The van der Waals surface area contributed by atoms with Crippen LogP contribution in [0.15, 0.2) is 30.3 Å². The second-order valence-corrected chi connectivity index (χ2v) is 4.67. The minimum Gasteiger partial charge on any atom is -0.493 e. The molecule has 0 spiro atoms. The van der Waals surface area contributed by atoms with Crippen molar-refractivity contribution in [3.8, 4) is 17.0 Å². The highest BCUT2D eigenvalue weighted by Crippen LogP contribution is 2.32. The number of benzene rings is 1. The van der Waals surface area contributed by atoms with Crippen LogP contribution >= 0.6 is 0 Å². The fraction of sp³-hybridized carbons (Fsp3) is 0.200. The molecule has 0 saturated carbocycles. The van der Waals surface area contributed by atoms with Gasteiger partial charge in [-0.1, -0.05) is 19.1 Å². The van der Waals surface area contributed by atoms with Crippen molar-refractivity contribution >= 4 is 18.1 Å². The van der Waals surface area contributed by atoms with E-state index in [1.54, 1.807) is 6.07 Å². The molecular weight excluding hydrogens is 284 g/mol. The monoisotopic (exact) mass is 302 g/mol. The fourth-order valence-electron chi connectivity index (χ4n) is 2.06. The van der Waals surface area contributed by atoms with Gasteiger partial charge in [0.1, 0.15) is 11.6 Å². The van der Waals surface area contributed by atoms with Gasteiger partial charge in [0.15, 0.2) is 0 Å². The number of nitrogens with one attached hydrogen (secondary N) is 1. The van der Waals surface area contributed by atoms with Crippen LogP contribution in [-0.4, -0.2) is 23.9 Å². The molecule has 22 heavy (non-hydrogen) atoms. The van der Waals surface area contributed by atoms with Crippen LogP contribution in [0.25, 0.3) is 11.3 Å². The maximum atomic E-state index is 11.5. The Kier molecular flexibility index (Phi) is 4.80. The highest BCUT2D eigenvalue weighted by atomic mass is 16.5. The van der Waals surface area contributed by atoms with Crippen molar-refractivity contribution in [3.63, 3.8) is 0 Å². The van der Waals surface area contributed by atoms with Gasteiger partial charge in [0.2, 0.25) is 6.41 Å². The van der Waals surface area contributed by atoms with Gasteiger partial charge >= 0.3 is 0 Å². The zero-order chi connectivity index (χ0) is 16.1. The first kappa shape index (κ1) is 15.6. The first-order chi connectivity index (χ1) is 10.6. The van der Waals surface area contributed by atoms with Crippen molar-refractivity contribution in [1.29, 1.82) is 0 Å². The molecule has 2 aromatic rings. The zero-order valence-corrected chi connectivity index (χ0v) is 12.2. The van der Waals surface area contributed by atoms with Crippen molar-refractivity contribution in [2.24, 2.45) is 11.6 Å². The molecule has 0 unspecified atom stereocenters. The normalized spacial score (nSPS) is 10.3. The molecule has 0 bridgehead atoms. The molecule has 1 heterocycles. The van der Waals surface area contributed by atoms with Gasteiger partial charge in [-0.15, -0.1) is 0 Å². The molecule has 0 aliphatic heterocycles. The molecule has 5 N–H and O–H groups in total. The third-order valence-electron chi connectivity index (χ3n) is 3.07. The number of hydrogen-bond acceptors (Lipinski definition) is 4. The fourth-order valence-corrected chi connectivity index (χ4v) is 2.06. The summed E-state index contributed by atoms with van der Waals surface area (Å²) in [6, 6.07) is 8.92. The lowest BCUT2D eigenvalue weighted by Crippen LogP contribution is -2.31. The van der Waals surface area contributed by atoms with Crippen LogP contribution in [0.5, 0.6) is 5.75 Å². The number of nitrogens with zero attached hydrogens (tertiary/aromatic N) is 1. The van der Waals surface area contributed by atoms with Crippen LogP contribution in [-0.2, 0) is 4.79 Å². The number of rotatable bonds is 7. The van der Waals surface area contributed by atoms with Crippen molar-refractivity contribution in [3.05, 3.63) is 35.9 Å². The van der Waals surface area contributed by atoms with E-state index in [0.717, 1.165) is 17.0 Å². The van der Waals surface area contributed by atoms with Crippen molar-refractivity contribution < 1.29 is 14.3 Å². The molecule has 0 aliphatic rings. The number of para-hydroxylation sites is 1. The number of amides is 2. The Labute approximate surface area is 127 Å². The van der Waals surface area contributed by atoms with E-state index in [2.05, 4.69) is 4.98 Å². The van der Waals surface area contributed by atoms with Crippen LogP contribution in [0.3, 0.4) is 0 Å². The van der Waals surface area contributed by atoms with E-state index in [1.165, 1.54) is 0 Å². The number of primary amides is 1. The Morgan fingerprint density at radius 1 is 1.41 bits per heavy atom. The third kappa shape index (κ3) is 3.09. The highest BCUT2D eigenvalue weighted by molar-refractivity contribution is 6.01. The zero-order valence-electron chi connectivity index (χ0n) is 12.2. The molecule has 1 aromatic carbocycles. The number of hydrazine groups is 1. The average molecular weight is 302 g/mol. The molecule has 0 fully saturated rings. The second kappa shape index (κ2) is 6.77. The Morgan fingerprint density at radius 3 is 2.77 bits per heavy atom. The minimum atomic E-state index is -0.679. The summed E-state index contributed by atoms with van der Waals surface area (Å²) in [6.45, 7) is 2.58. The van der Waals surface area contributed by atoms with Crippen molar-refractivity contribution in [2.45, 2.75) is 13.3 Å². The lowest BCUT2D eigenvalue weighted by Gasteiger charge is -2.10. The van der Waals surface area contributed by atoms with E-state index in [1.807, 2.05) is 31.2 Å². The minimum absolute atomic E-state index is 0.134. The van der Waals surface area contributed by atoms with Crippen molar-refractivity contribution in [1.82, 2.24) is 4.98 Å². The van der Waals surface area contributed by atoms with Gasteiger partial charge in [-0.25, -0.2) is 10.9 Å². The Bertz CT molecular complexity index is 681. The van der Waals surface area contributed by atoms with E-state index in [0.29, 0.717) is 24.5 Å². The van der Waals surface area contributed by atoms with Gasteiger partial charge in [-0.2, -0.15) is 0 Å². The van der Waals surface area contributed by atoms with Crippen molar-refractivity contribution in [2.75, 3.05) is 11.6 Å². The van der Waals surface area contributed by atoms with Crippen LogP contribution in [0.4, 0.5) is 5.82 Å². The van der Waals surface area contributed by atoms with Gasteiger partial charge in [-0.05, 0) is 24.6 Å². The first-order valence-electron chi connectivity index (χ1n) is 6.82. The summed E-state index contributed by atoms with van der Waals surface area (Å²) in [6.07, 6.45) is 1.26. The molecule has 2 rings (SSSR count). The average Bonchev–Trinajstić information content (AvgIpc) is 2.97. The predicted octanol–water partition coefficient (Wildman–Crippen LogP) is 1.41. The van der Waals surface area contributed by atoms with Crippen LogP contribution < -0.4 is 21.3 Å². The number of anilines is 1. The first-order valence-corrected chi connectivity index (χ1v) is 6.82. The number of nitrogens with two attached hydrogens (primary N) is 2. The summed E-state index contributed by atoms with van der Waals surface area (Å²) in [4.78, 5) is 25.3. The maximum absolute atomic E-state index is 11.5. The molecule has 0 radical (unpaired) electrons. The number of hydrogen-bond donors (Lipinski definition) is 3. The molecular formula is C15H18N4O3. The number of carbonyl (C=O) groups is 2. The summed E-state index contributed by atoms with van der Waals surface area (Å²) in [5, 5.41) is 0.777. The Hall–Kier alpha value is -2.80. The molecule has 116 valence electrons. The Morgan fingerprint density at radius 2 is 2.14 bits per heavy atom. The SMILES string of the molecule is CCCOc1ccccc1-c1cc(C(N)=O)c(N(N)C=O)[nH]1.